The summed E-state index contributed by atoms with van der Waals surface area (Å²) in [7, 11) is 4.96. The Labute approximate surface area is 139 Å². The monoisotopic (exact) mass is 330 g/mol. The van der Waals surface area contributed by atoms with Crippen LogP contribution >= 0.6 is 12.4 Å². The molecule has 1 atom stereocenters. The van der Waals surface area contributed by atoms with Crippen molar-refractivity contribution in [2.24, 2.45) is 11.1 Å². The summed E-state index contributed by atoms with van der Waals surface area (Å²) in [6.45, 7) is 6.28. The lowest BCUT2D eigenvalue weighted by Crippen LogP contribution is -2.48. The fraction of sp³-hybridized carbons (Fsp3) is 0.562. The molecule has 0 aliphatic carbocycles. The molecule has 0 aliphatic heterocycles. The minimum Gasteiger partial charge on any atom is -0.497 e. The molecule has 5 nitrogen and oxygen atoms in total. The van der Waals surface area contributed by atoms with Gasteiger partial charge in [-0.2, -0.15) is 0 Å². The number of hydrogen-bond donors (Lipinski definition) is 1. The molecule has 0 heterocycles. The number of carbonyl (C=O) groups is 1. The van der Waals surface area contributed by atoms with E-state index in [1.807, 2.05) is 39.0 Å². The average molecular weight is 331 g/mol. The van der Waals surface area contributed by atoms with E-state index in [4.69, 9.17) is 15.2 Å². The molecule has 1 aromatic carbocycles. The zero-order valence-corrected chi connectivity index (χ0v) is 15.0. The number of likely N-dealkylation sites (N-methyl/N-ethyl adjacent to an activating group) is 1. The summed E-state index contributed by atoms with van der Waals surface area (Å²) in [5.41, 5.74) is 6.64. The Bertz CT molecular complexity index is 501. The number of benzene rings is 1. The van der Waals surface area contributed by atoms with Crippen molar-refractivity contribution < 1.29 is 14.3 Å². The predicted octanol–water partition coefficient (Wildman–Crippen LogP) is 2.46. The first-order valence-corrected chi connectivity index (χ1v) is 6.92. The van der Waals surface area contributed by atoms with Gasteiger partial charge in [-0.05, 0) is 23.6 Å². The zero-order valence-electron chi connectivity index (χ0n) is 14.2. The van der Waals surface area contributed by atoms with E-state index < -0.39 is 6.04 Å². The second-order valence-corrected chi connectivity index (χ2v) is 6.22. The fourth-order valence-electron chi connectivity index (χ4n) is 1.95. The normalized spacial score (nSPS) is 12.1. The topological polar surface area (TPSA) is 64.8 Å². The van der Waals surface area contributed by atoms with Crippen molar-refractivity contribution in [3.8, 4) is 11.5 Å². The average Bonchev–Trinajstić information content (AvgIpc) is 2.44. The Hall–Kier alpha value is -1.46. The maximum atomic E-state index is 12.4. The summed E-state index contributed by atoms with van der Waals surface area (Å²) in [4.78, 5) is 14.0. The first-order valence-electron chi connectivity index (χ1n) is 6.92. The van der Waals surface area contributed by atoms with Gasteiger partial charge in [0.2, 0.25) is 5.91 Å². The third-order valence-electron chi connectivity index (χ3n) is 3.47. The van der Waals surface area contributed by atoms with Crippen LogP contribution in [0.4, 0.5) is 0 Å². The second kappa shape index (κ2) is 8.25. The maximum absolute atomic E-state index is 12.4. The molecule has 0 aliphatic rings. The van der Waals surface area contributed by atoms with Gasteiger partial charge >= 0.3 is 0 Å². The summed E-state index contributed by atoms with van der Waals surface area (Å²) in [6.07, 6.45) is 0. The Balaban J connectivity index is 0.00000441. The van der Waals surface area contributed by atoms with Crippen LogP contribution in [0.15, 0.2) is 18.2 Å². The molecule has 1 rings (SSSR count). The van der Waals surface area contributed by atoms with Crippen LogP contribution in [0.25, 0.3) is 0 Å². The van der Waals surface area contributed by atoms with Gasteiger partial charge in [0.25, 0.3) is 0 Å². The summed E-state index contributed by atoms with van der Waals surface area (Å²) < 4.78 is 10.5. The molecule has 6 heteroatoms. The van der Waals surface area contributed by atoms with E-state index in [2.05, 4.69) is 0 Å². The highest BCUT2D eigenvalue weighted by atomic mass is 35.5. The van der Waals surface area contributed by atoms with E-state index in [9.17, 15) is 4.79 Å². The van der Waals surface area contributed by atoms with Crippen molar-refractivity contribution in [3.05, 3.63) is 23.8 Å². The SMILES string of the molecule is COc1ccc(OC)c(CN(C)C(=O)[C@@H](N)C(C)(C)C)c1.Cl. The number of hydrogen-bond acceptors (Lipinski definition) is 4. The zero-order chi connectivity index (χ0) is 16.2. The molecule has 126 valence electrons. The van der Waals surface area contributed by atoms with Crippen LogP contribution in [-0.4, -0.2) is 38.1 Å². The molecule has 1 aromatic rings. The largest absolute Gasteiger partial charge is 0.497 e. The molecular weight excluding hydrogens is 304 g/mol. The van der Waals surface area contributed by atoms with Gasteiger partial charge in [-0.3, -0.25) is 4.79 Å². The quantitative estimate of drug-likeness (QED) is 0.900. The lowest BCUT2D eigenvalue weighted by Gasteiger charge is -2.30. The highest BCUT2D eigenvalue weighted by Crippen LogP contribution is 2.26. The highest BCUT2D eigenvalue weighted by molar-refractivity contribution is 5.85. The van der Waals surface area contributed by atoms with Gasteiger partial charge in [-0.15, -0.1) is 12.4 Å². The Morgan fingerprint density at radius 1 is 1.27 bits per heavy atom. The van der Waals surface area contributed by atoms with E-state index in [0.717, 1.165) is 17.1 Å². The van der Waals surface area contributed by atoms with Gasteiger partial charge in [0.05, 0.1) is 20.3 Å². The summed E-state index contributed by atoms with van der Waals surface area (Å²) in [6, 6.07) is 4.98. The van der Waals surface area contributed by atoms with Gasteiger partial charge in [0, 0.05) is 19.2 Å². The van der Waals surface area contributed by atoms with Crippen molar-refractivity contribution in [3.63, 3.8) is 0 Å². The van der Waals surface area contributed by atoms with Crippen LogP contribution in [0.5, 0.6) is 11.5 Å². The molecule has 0 unspecified atom stereocenters. The molecular formula is C16H27ClN2O3. The summed E-state index contributed by atoms with van der Waals surface area (Å²) in [5, 5.41) is 0. The molecule has 2 N–H and O–H groups in total. The standard InChI is InChI=1S/C16H26N2O3.ClH/c1-16(2,3)14(17)15(19)18(4)10-11-9-12(20-5)7-8-13(11)21-6;/h7-9,14H,10,17H2,1-6H3;1H/t14-;/m1./s1. The van der Waals surface area contributed by atoms with Gasteiger partial charge in [-0.1, -0.05) is 20.8 Å². The minimum atomic E-state index is -0.542. The molecule has 0 bridgehead atoms. The number of carbonyl (C=O) groups excluding carboxylic acids is 1. The van der Waals surface area contributed by atoms with E-state index in [-0.39, 0.29) is 23.7 Å². The minimum absolute atomic E-state index is 0. The number of methoxy groups -OCH3 is 2. The lowest BCUT2D eigenvalue weighted by molar-refractivity contribution is -0.134. The van der Waals surface area contributed by atoms with Crippen molar-refractivity contribution in [1.29, 1.82) is 0 Å². The Morgan fingerprint density at radius 2 is 1.86 bits per heavy atom. The number of nitrogens with zero attached hydrogens (tertiary/aromatic N) is 1. The van der Waals surface area contributed by atoms with Crippen LogP contribution in [0.2, 0.25) is 0 Å². The molecule has 0 saturated heterocycles. The molecule has 0 spiro atoms. The molecule has 0 fully saturated rings. The lowest BCUT2D eigenvalue weighted by atomic mass is 9.86. The highest BCUT2D eigenvalue weighted by Gasteiger charge is 2.30. The van der Waals surface area contributed by atoms with Crippen LogP contribution in [0.1, 0.15) is 26.3 Å². The fourth-order valence-corrected chi connectivity index (χ4v) is 1.95. The van der Waals surface area contributed by atoms with Crippen molar-refractivity contribution >= 4 is 18.3 Å². The van der Waals surface area contributed by atoms with Crippen molar-refractivity contribution in [2.75, 3.05) is 21.3 Å². The van der Waals surface area contributed by atoms with Gasteiger partial charge in [-0.25, -0.2) is 0 Å². The third-order valence-corrected chi connectivity index (χ3v) is 3.47. The van der Waals surface area contributed by atoms with Crippen molar-refractivity contribution in [1.82, 2.24) is 4.90 Å². The smallest absolute Gasteiger partial charge is 0.240 e. The molecule has 0 radical (unpaired) electrons. The molecule has 0 saturated carbocycles. The summed E-state index contributed by atoms with van der Waals surface area (Å²) in [5.74, 6) is 1.36. The first kappa shape index (κ1) is 20.5. The van der Waals surface area contributed by atoms with E-state index in [0.29, 0.717) is 6.54 Å². The predicted molar refractivity (Wildman–Crippen MR) is 90.7 cm³/mol. The molecule has 0 aromatic heterocycles. The Morgan fingerprint density at radius 3 is 2.32 bits per heavy atom. The first-order chi connectivity index (χ1) is 9.70. The van der Waals surface area contributed by atoms with Crippen molar-refractivity contribution in [2.45, 2.75) is 33.4 Å². The molecule has 22 heavy (non-hydrogen) atoms. The van der Waals surface area contributed by atoms with Crippen LogP contribution in [-0.2, 0) is 11.3 Å². The number of halogens is 1. The number of amides is 1. The van der Waals surface area contributed by atoms with Crippen LogP contribution < -0.4 is 15.2 Å². The van der Waals surface area contributed by atoms with E-state index in [1.165, 1.54) is 0 Å². The number of ether oxygens (including phenoxy) is 2. The molecule has 1 amide bonds. The van der Waals surface area contributed by atoms with Gasteiger partial charge < -0.3 is 20.1 Å². The van der Waals surface area contributed by atoms with Gasteiger partial charge in [0.1, 0.15) is 11.5 Å². The third kappa shape index (κ3) is 5.07. The van der Waals surface area contributed by atoms with E-state index in [1.54, 1.807) is 26.2 Å². The van der Waals surface area contributed by atoms with E-state index >= 15 is 0 Å². The number of rotatable bonds is 5. The maximum Gasteiger partial charge on any atom is 0.240 e. The van der Waals surface area contributed by atoms with Crippen LogP contribution in [0, 0.1) is 5.41 Å². The Kier molecular flexibility index (Phi) is 7.70. The summed E-state index contributed by atoms with van der Waals surface area (Å²) >= 11 is 0. The van der Waals surface area contributed by atoms with Gasteiger partial charge in [0.15, 0.2) is 0 Å². The van der Waals surface area contributed by atoms with Crippen LogP contribution in [0.3, 0.4) is 0 Å². The number of nitrogens with two attached hydrogens (primary N) is 1. The second-order valence-electron chi connectivity index (χ2n) is 6.22.